The second-order valence-electron chi connectivity index (χ2n) is 9.41. The minimum Gasteiger partial charge on any atom is -0.508 e. The molecule has 6 rings (SSSR count). The van der Waals surface area contributed by atoms with Crippen LogP contribution in [0, 0.1) is 17.8 Å². The van der Waals surface area contributed by atoms with Crippen molar-refractivity contribution >= 4 is 17.3 Å². The maximum atomic E-state index is 12.6. The maximum Gasteiger partial charge on any atom is 0.328 e. The lowest BCUT2D eigenvalue weighted by atomic mass is 9.47. The first kappa shape index (κ1) is 19.9. The molecule has 2 atom stereocenters. The molecule has 31 heavy (non-hydrogen) atoms. The number of phenolic OH excluding ortho intramolecular Hbond substituents is 1. The average Bonchev–Trinajstić information content (AvgIpc) is 2.75. The van der Waals surface area contributed by atoms with E-state index in [4.69, 9.17) is 5.11 Å². The molecule has 0 radical (unpaired) electrons. The van der Waals surface area contributed by atoms with Gasteiger partial charge in [0.05, 0.1) is 0 Å². The Bertz CT molecular complexity index is 1070. The van der Waals surface area contributed by atoms with Crippen molar-refractivity contribution in [2.45, 2.75) is 50.9 Å². The van der Waals surface area contributed by atoms with Crippen molar-refractivity contribution in [2.75, 3.05) is 0 Å². The van der Waals surface area contributed by atoms with Crippen LogP contribution in [0.2, 0.25) is 0 Å². The second kappa shape index (κ2) is 7.29. The molecule has 160 valence electrons. The first-order valence-corrected chi connectivity index (χ1v) is 11.0. The lowest BCUT2D eigenvalue weighted by Crippen LogP contribution is -2.53. The van der Waals surface area contributed by atoms with Gasteiger partial charge in [0.1, 0.15) is 11.5 Å². The molecule has 6 heteroatoms. The van der Waals surface area contributed by atoms with Gasteiger partial charge in [-0.25, -0.2) is 14.8 Å². The van der Waals surface area contributed by atoms with E-state index in [9.17, 15) is 14.7 Å². The number of carbonyl (C=O) groups excluding carboxylic acids is 1. The number of aromatic nitrogens is 2. The lowest BCUT2D eigenvalue weighted by Gasteiger charge is -2.56. The minimum absolute atomic E-state index is 0.135. The Kier molecular flexibility index (Phi) is 4.68. The molecule has 4 bridgehead atoms. The van der Waals surface area contributed by atoms with E-state index in [-0.39, 0.29) is 23.0 Å². The van der Waals surface area contributed by atoms with Crippen LogP contribution >= 0.6 is 0 Å². The van der Waals surface area contributed by atoms with Crippen LogP contribution in [-0.4, -0.2) is 31.9 Å². The van der Waals surface area contributed by atoms with Crippen LogP contribution < -0.4 is 0 Å². The first-order valence-electron chi connectivity index (χ1n) is 11.0. The number of carboxylic acids is 1. The number of ketones is 1. The molecule has 2 N–H and O–H groups in total. The predicted octanol–water partition coefficient (Wildman–Crippen LogP) is 4.37. The summed E-state index contributed by atoms with van der Waals surface area (Å²) in [4.78, 5) is 32.5. The molecule has 4 aliphatic carbocycles. The van der Waals surface area contributed by atoms with Gasteiger partial charge in [0.2, 0.25) is 0 Å². The SMILES string of the molecule is CC/C(=C\C(=O)O)c1cnc(-c2ccc(O)c(C34CC5CC(C3)C(=O)C(C5)C4)c2)nc1. The number of aliphatic carboxylic acids is 1. The van der Waals surface area contributed by atoms with Gasteiger partial charge in [-0.15, -0.1) is 0 Å². The zero-order valence-electron chi connectivity index (χ0n) is 17.5. The van der Waals surface area contributed by atoms with Crippen LogP contribution in [0.1, 0.15) is 56.6 Å². The Labute approximate surface area is 181 Å². The van der Waals surface area contributed by atoms with Crippen molar-refractivity contribution in [2.24, 2.45) is 17.8 Å². The molecule has 1 heterocycles. The topological polar surface area (TPSA) is 100 Å². The average molecular weight is 418 g/mol. The molecule has 1 aromatic carbocycles. The molecule has 0 amide bonds. The highest BCUT2D eigenvalue weighted by Crippen LogP contribution is 2.60. The van der Waals surface area contributed by atoms with Crippen molar-refractivity contribution in [1.82, 2.24) is 9.97 Å². The van der Waals surface area contributed by atoms with Gasteiger partial charge in [0.15, 0.2) is 5.82 Å². The number of hydrogen-bond acceptors (Lipinski definition) is 5. The van der Waals surface area contributed by atoms with E-state index in [1.165, 1.54) is 6.08 Å². The highest BCUT2D eigenvalue weighted by Gasteiger charge is 2.56. The highest BCUT2D eigenvalue weighted by atomic mass is 16.4. The number of nitrogens with zero attached hydrogens (tertiary/aromatic N) is 2. The summed E-state index contributed by atoms with van der Waals surface area (Å²) in [5.41, 5.74) is 2.96. The summed E-state index contributed by atoms with van der Waals surface area (Å²) in [6, 6.07) is 5.52. The molecule has 2 unspecified atom stereocenters. The molecular weight excluding hydrogens is 392 g/mol. The van der Waals surface area contributed by atoms with E-state index in [2.05, 4.69) is 9.97 Å². The fourth-order valence-corrected chi connectivity index (χ4v) is 6.36. The Hall–Kier alpha value is -3.02. The summed E-state index contributed by atoms with van der Waals surface area (Å²) in [5.74, 6) is 1.11. The molecule has 1 aromatic heterocycles. The van der Waals surface area contributed by atoms with Crippen LogP contribution in [0.5, 0.6) is 5.75 Å². The van der Waals surface area contributed by atoms with Crippen molar-refractivity contribution in [3.05, 3.63) is 47.8 Å². The van der Waals surface area contributed by atoms with Crippen molar-refractivity contribution in [3.8, 4) is 17.1 Å². The summed E-state index contributed by atoms with van der Waals surface area (Å²) in [6.07, 6.45) is 9.76. The van der Waals surface area contributed by atoms with Gasteiger partial charge in [-0.2, -0.15) is 0 Å². The molecule has 2 aromatic rings. The van der Waals surface area contributed by atoms with E-state index in [1.54, 1.807) is 18.5 Å². The molecule has 0 aliphatic heterocycles. The number of Topliss-reactive ketones (excluding diaryl/α,β-unsaturated/α-hetero) is 1. The van der Waals surface area contributed by atoms with Crippen LogP contribution in [0.4, 0.5) is 0 Å². The summed E-state index contributed by atoms with van der Waals surface area (Å²) in [5, 5.41) is 19.8. The van der Waals surface area contributed by atoms with Crippen molar-refractivity contribution in [1.29, 1.82) is 0 Å². The first-order chi connectivity index (χ1) is 14.9. The maximum absolute atomic E-state index is 12.6. The summed E-state index contributed by atoms with van der Waals surface area (Å²) in [7, 11) is 0. The Morgan fingerprint density at radius 2 is 1.84 bits per heavy atom. The number of hydrogen-bond donors (Lipinski definition) is 2. The quantitative estimate of drug-likeness (QED) is 0.699. The molecule has 4 fully saturated rings. The third-order valence-corrected chi connectivity index (χ3v) is 7.52. The van der Waals surface area contributed by atoms with E-state index in [0.29, 0.717) is 35.1 Å². The smallest absolute Gasteiger partial charge is 0.328 e. The summed E-state index contributed by atoms with van der Waals surface area (Å²) in [6.45, 7) is 1.89. The fraction of sp³-hybridized carbons (Fsp3) is 0.440. The van der Waals surface area contributed by atoms with E-state index >= 15 is 0 Å². The number of carboxylic acid groups (broad SMARTS) is 1. The van der Waals surface area contributed by atoms with Crippen LogP contribution in [0.3, 0.4) is 0 Å². The third kappa shape index (κ3) is 3.34. The fourth-order valence-electron chi connectivity index (χ4n) is 6.36. The van der Waals surface area contributed by atoms with Crippen molar-refractivity contribution < 1.29 is 19.8 Å². The normalized spacial score (nSPS) is 29.4. The van der Waals surface area contributed by atoms with Gasteiger partial charge in [-0.1, -0.05) is 6.92 Å². The Morgan fingerprint density at radius 1 is 1.16 bits per heavy atom. The van der Waals surface area contributed by atoms with E-state index in [1.807, 2.05) is 19.1 Å². The van der Waals surface area contributed by atoms with Gasteiger partial charge in [-0.3, -0.25) is 4.79 Å². The predicted molar refractivity (Wildman–Crippen MR) is 115 cm³/mol. The van der Waals surface area contributed by atoms with Crippen LogP contribution in [-0.2, 0) is 15.0 Å². The number of aromatic hydroxyl groups is 1. The summed E-state index contributed by atoms with van der Waals surface area (Å²) >= 11 is 0. The zero-order valence-corrected chi connectivity index (χ0v) is 17.5. The highest BCUT2D eigenvalue weighted by molar-refractivity contribution is 5.89. The number of allylic oxidation sites excluding steroid dienone is 1. The van der Waals surface area contributed by atoms with Gasteiger partial charge < -0.3 is 10.2 Å². The molecule has 6 nitrogen and oxygen atoms in total. The lowest BCUT2D eigenvalue weighted by molar-refractivity contribution is -0.142. The standard InChI is InChI=1S/C25H26N2O4/c1-2-15(8-22(29)30)19-12-26-24(27-13-19)16-3-4-21(28)20(7-16)25-9-14-5-17(10-25)23(31)18(6-14)11-25/h3-4,7-8,12-14,17-18,28H,2,5-6,9-11H2,1H3,(H,29,30)/b15-8+. The molecule has 0 spiro atoms. The van der Waals surface area contributed by atoms with E-state index in [0.717, 1.165) is 43.2 Å². The minimum atomic E-state index is -0.988. The molecule has 4 aliphatic rings. The molecule has 0 saturated heterocycles. The number of phenols is 1. The monoisotopic (exact) mass is 418 g/mol. The van der Waals surface area contributed by atoms with Crippen molar-refractivity contribution in [3.63, 3.8) is 0 Å². The molecular formula is C25H26N2O4. The van der Waals surface area contributed by atoms with Gasteiger partial charge in [0, 0.05) is 52.4 Å². The Balaban J connectivity index is 1.49. The van der Waals surface area contributed by atoms with Gasteiger partial charge in [0.25, 0.3) is 0 Å². The second-order valence-corrected chi connectivity index (χ2v) is 9.41. The van der Waals surface area contributed by atoms with Gasteiger partial charge in [-0.05, 0) is 68.2 Å². The molecule has 4 saturated carbocycles. The van der Waals surface area contributed by atoms with E-state index < -0.39 is 5.97 Å². The van der Waals surface area contributed by atoms with Crippen LogP contribution in [0.25, 0.3) is 17.0 Å². The Morgan fingerprint density at radius 3 is 2.45 bits per heavy atom. The zero-order chi connectivity index (χ0) is 21.8. The van der Waals surface area contributed by atoms with Gasteiger partial charge >= 0.3 is 5.97 Å². The number of benzene rings is 1. The third-order valence-electron chi connectivity index (χ3n) is 7.52. The number of carbonyl (C=O) groups is 2. The largest absolute Gasteiger partial charge is 0.508 e. The van der Waals surface area contributed by atoms with Crippen LogP contribution in [0.15, 0.2) is 36.7 Å². The summed E-state index contributed by atoms with van der Waals surface area (Å²) < 4.78 is 0. The number of rotatable bonds is 5.